The highest BCUT2D eigenvalue weighted by Crippen LogP contribution is 2.29. The summed E-state index contributed by atoms with van der Waals surface area (Å²) in [6.45, 7) is 5.96. The van der Waals surface area contributed by atoms with Crippen LogP contribution in [0.4, 0.5) is 10.6 Å². The van der Waals surface area contributed by atoms with Crippen molar-refractivity contribution in [2.24, 2.45) is 0 Å². The summed E-state index contributed by atoms with van der Waals surface area (Å²) >= 11 is 5.79. The van der Waals surface area contributed by atoms with Crippen LogP contribution >= 0.6 is 38.5 Å². The lowest BCUT2D eigenvalue weighted by Gasteiger charge is -2.25. The summed E-state index contributed by atoms with van der Waals surface area (Å²) in [5.74, 6) is 0.436. The number of anilines is 1. The summed E-state index contributed by atoms with van der Waals surface area (Å²) in [6, 6.07) is 7.43. The van der Waals surface area contributed by atoms with Crippen LogP contribution in [0.5, 0.6) is 0 Å². The van der Waals surface area contributed by atoms with Crippen molar-refractivity contribution in [1.82, 2.24) is 19.9 Å². The number of carbonyl (C=O) groups excluding carboxylic acids is 1. The molecule has 0 aliphatic rings. The number of amides is 1. The SMILES string of the molecule is CC(C)(C)OC(=O)NC(Cn1cc(I)c2c(N)ncnc21)c1ccccc1Br. The molecule has 0 aliphatic carbocycles. The number of alkyl carbamates (subject to hydrolysis) is 1. The van der Waals surface area contributed by atoms with Crippen LogP contribution in [0.3, 0.4) is 0 Å². The Morgan fingerprint density at radius 3 is 2.75 bits per heavy atom. The quantitative estimate of drug-likeness (QED) is 0.455. The van der Waals surface area contributed by atoms with Gasteiger partial charge in [0.05, 0.1) is 11.4 Å². The first-order chi connectivity index (χ1) is 13.2. The predicted octanol–water partition coefficient (Wildman–Crippen LogP) is 4.65. The van der Waals surface area contributed by atoms with Crippen molar-refractivity contribution < 1.29 is 9.53 Å². The zero-order chi connectivity index (χ0) is 20.5. The van der Waals surface area contributed by atoms with Crippen molar-refractivity contribution in [2.45, 2.75) is 39.0 Å². The number of ether oxygens (including phenoxy) is 1. The molecule has 0 saturated carbocycles. The number of aromatic nitrogens is 3. The molecular weight excluding hydrogens is 537 g/mol. The zero-order valence-electron chi connectivity index (χ0n) is 15.7. The number of nitrogens with one attached hydrogen (secondary N) is 1. The summed E-state index contributed by atoms with van der Waals surface area (Å²) in [7, 11) is 0. The van der Waals surface area contributed by atoms with Gasteiger partial charge in [-0.3, -0.25) is 0 Å². The first-order valence-corrected chi connectivity index (χ1v) is 10.5. The molecule has 0 bridgehead atoms. The Labute approximate surface area is 185 Å². The van der Waals surface area contributed by atoms with Crippen LogP contribution in [0.2, 0.25) is 0 Å². The maximum Gasteiger partial charge on any atom is 0.408 e. The van der Waals surface area contributed by atoms with Crippen molar-refractivity contribution in [3.8, 4) is 0 Å². The Hall–Kier alpha value is -1.88. The summed E-state index contributed by atoms with van der Waals surface area (Å²) in [4.78, 5) is 20.9. The highest BCUT2D eigenvalue weighted by Gasteiger charge is 2.23. The van der Waals surface area contributed by atoms with E-state index in [2.05, 4.69) is 53.8 Å². The number of nitrogens with two attached hydrogens (primary N) is 1. The van der Waals surface area contributed by atoms with E-state index >= 15 is 0 Å². The average Bonchev–Trinajstić information content (AvgIpc) is 2.90. The van der Waals surface area contributed by atoms with Crippen LogP contribution < -0.4 is 11.1 Å². The molecule has 1 atom stereocenters. The molecule has 1 unspecified atom stereocenters. The summed E-state index contributed by atoms with van der Waals surface area (Å²) in [5.41, 5.74) is 7.10. The molecule has 1 amide bonds. The van der Waals surface area contributed by atoms with Crippen molar-refractivity contribution >= 4 is 61.5 Å². The van der Waals surface area contributed by atoms with E-state index in [1.165, 1.54) is 6.33 Å². The van der Waals surface area contributed by atoms with Crippen LogP contribution in [0.15, 0.2) is 41.3 Å². The number of rotatable bonds is 4. The molecule has 3 N–H and O–H groups in total. The molecule has 0 radical (unpaired) electrons. The van der Waals surface area contributed by atoms with Gasteiger partial charge < -0.3 is 20.4 Å². The fourth-order valence-corrected chi connectivity index (χ4v) is 4.28. The second-order valence-corrected chi connectivity index (χ2v) is 9.32. The van der Waals surface area contributed by atoms with E-state index in [9.17, 15) is 4.79 Å². The second-order valence-electron chi connectivity index (χ2n) is 7.31. The molecule has 0 spiro atoms. The highest BCUT2D eigenvalue weighted by atomic mass is 127. The van der Waals surface area contributed by atoms with Crippen molar-refractivity contribution in [3.63, 3.8) is 0 Å². The van der Waals surface area contributed by atoms with Crippen LogP contribution in [0.1, 0.15) is 32.4 Å². The van der Waals surface area contributed by atoms with E-state index in [1.807, 2.05) is 55.8 Å². The number of nitrogens with zero attached hydrogens (tertiary/aromatic N) is 3. The lowest BCUT2D eigenvalue weighted by molar-refractivity contribution is 0.0498. The third kappa shape index (κ3) is 4.75. The van der Waals surface area contributed by atoms with Gasteiger partial charge in [-0.05, 0) is 55.0 Å². The minimum absolute atomic E-state index is 0.340. The number of hydrogen-bond donors (Lipinski definition) is 2. The zero-order valence-corrected chi connectivity index (χ0v) is 19.5. The number of carbonyl (C=O) groups is 1. The van der Waals surface area contributed by atoms with Gasteiger partial charge in [-0.2, -0.15) is 0 Å². The van der Waals surface area contributed by atoms with Gasteiger partial charge in [0.25, 0.3) is 0 Å². The van der Waals surface area contributed by atoms with Gasteiger partial charge in [0, 0.05) is 20.8 Å². The van der Waals surface area contributed by atoms with Crippen LogP contribution in [0.25, 0.3) is 11.0 Å². The summed E-state index contributed by atoms with van der Waals surface area (Å²) < 4.78 is 9.28. The summed E-state index contributed by atoms with van der Waals surface area (Å²) in [5, 5.41) is 3.79. The molecular formula is C19H21BrIN5O2. The van der Waals surface area contributed by atoms with E-state index in [1.54, 1.807) is 0 Å². The van der Waals surface area contributed by atoms with Gasteiger partial charge in [-0.25, -0.2) is 14.8 Å². The van der Waals surface area contributed by atoms with E-state index in [0.29, 0.717) is 12.4 Å². The third-order valence-corrected chi connectivity index (χ3v) is 5.53. The predicted molar refractivity (Wildman–Crippen MR) is 121 cm³/mol. The van der Waals surface area contributed by atoms with Crippen LogP contribution in [-0.2, 0) is 11.3 Å². The number of halogens is 2. The molecule has 0 fully saturated rings. The molecule has 1 aromatic carbocycles. The first kappa shape index (κ1) is 20.8. The molecule has 0 saturated heterocycles. The number of benzene rings is 1. The highest BCUT2D eigenvalue weighted by molar-refractivity contribution is 14.1. The van der Waals surface area contributed by atoms with Gasteiger partial charge in [0.15, 0.2) is 0 Å². The minimum Gasteiger partial charge on any atom is -0.444 e. The molecule has 28 heavy (non-hydrogen) atoms. The fraction of sp³-hybridized carbons (Fsp3) is 0.316. The molecule has 148 valence electrons. The Kier molecular flexibility index (Phi) is 6.13. The van der Waals surface area contributed by atoms with Gasteiger partial charge in [-0.15, -0.1) is 0 Å². The number of hydrogen-bond acceptors (Lipinski definition) is 5. The molecule has 2 heterocycles. The normalized spacial score (nSPS) is 12.8. The standard InChI is InChI=1S/C19H21BrIN5O2/c1-19(2,3)28-18(27)25-14(11-6-4-5-7-12(11)20)9-26-8-13(21)15-16(22)23-10-24-17(15)26/h4-8,10,14H,9H2,1-3H3,(H,25,27)(H2,22,23,24). The smallest absolute Gasteiger partial charge is 0.408 e. The van der Waals surface area contributed by atoms with E-state index in [0.717, 1.165) is 24.6 Å². The topological polar surface area (TPSA) is 95.1 Å². The molecule has 3 aromatic rings. The van der Waals surface area contributed by atoms with E-state index in [-0.39, 0.29) is 6.04 Å². The van der Waals surface area contributed by atoms with Crippen LogP contribution in [0, 0.1) is 3.57 Å². The van der Waals surface area contributed by atoms with Gasteiger partial charge in [0.1, 0.15) is 23.4 Å². The van der Waals surface area contributed by atoms with Crippen molar-refractivity contribution in [2.75, 3.05) is 5.73 Å². The fourth-order valence-electron chi connectivity index (χ4n) is 2.86. The minimum atomic E-state index is -0.584. The molecule has 9 heteroatoms. The lowest BCUT2D eigenvalue weighted by atomic mass is 10.1. The number of fused-ring (bicyclic) bond motifs is 1. The van der Waals surface area contributed by atoms with Crippen molar-refractivity contribution in [3.05, 3.63) is 50.4 Å². The molecule has 7 nitrogen and oxygen atoms in total. The van der Waals surface area contributed by atoms with Gasteiger partial charge in [0.2, 0.25) is 0 Å². The Bertz CT molecular complexity index is 1020. The average molecular weight is 558 g/mol. The number of nitrogen functional groups attached to an aromatic ring is 1. The Morgan fingerprint density at radius 1 is 1.36 bits per heavy atom. The largest absolute Gasteiger partial charge is 0.444 e. The maximum atomic E-state index is 12.5. The monoisotopic (exact) mass is 557 g/mol. The molecule has 0 aliphatic heterocycles. The Balaban J connectivity index is 1.97. The van der Waals surface area contributed by atoms with Gasteiger partial charge in [-0.1, -0.05) is 34.1 Å². The van der Waals surface area contributed by atoms with E-state index in [4.69, 9.17) is 10.5 Å². The first-order valence-electron chi connectivity index (χ1n) is 8.64. The van der Waals surface area contributed by atoms with Crippen molar-refractivity contribution in [1.29, 1.82) is 0 Å². The Morgan fingerprint density at radius 2 is 2.07 bits per heavy atom. The molecule has 2 aromatic heterocycles. The van der Waals surface area contributed by atoms with Gasteiger partial charge >= 0.3 is 6.09 Å². The molecule has 3 rings (SSSR count). The van der Waals surface area contributed by atoms with Crippen LogP contribution in [-0.4, -0.2) is 26.2 Å². The lowest BCUT2D eigenvalue weighted by Crippen LogP contribution is -2.36. The van der Waals surface area contributed by atoms with E-state index < -0.39 is 11.7 Å². The second kappa shape index (κ2) is 8.24. The maximum absolute atomic E-state index is 12.5. The third-order valence-electron chi connectivity index (χ3n) is 3.99. The summed E-state index contributed by atoms with van der Waals surface area (Å²) in [6.07, 6.45) is 2.92.